The van der Waals surface area contributed by atoms with Crippen LogP contribution in [0.3, 0.4) is 0 Å². The standard InChI is InChI=1S/C13H14FN3O3S/c14-10-2-1-8(5-7(10)6-15)21(18,19)17-12-11(16)9-3-4-20-13(9)12/h1-2,5,9,11-13,17H,3-4,16H2. The van der Waals surface area contributed by atoms with Gasteiger partial charge in [0.05, 0.1) is 22.6 Å². The topological polar surface area (TPSA) is 105 Å². The van der Waals surface area contributed by atoms with Crippen molar-refractivity contribution in [1.82, 2.24) is 4.72 Å². The van der Waals surface area contributed by atoms with Crippen molar-refractivity contribution in [2.45, 2.75) is 29.5 Å². The van der Waals surface area contributed by atoms with Gasteiger partial charge in [0.15, 0.2) is 0 Å². The number of sulfonamides is 1. The molecule has 1 aromatic rings. The SMILES string of the molecule is N#Cc1cc(S(=O)(=O)NC2C(N)C3CCOC32)ccc1F. The van der Waals surface area contributed by atoms with Gasteiger partial charge in [-0.1, -0.05) is 0 Å². The van der Waals surface area contributed by atoms with Crippen LogP contribution in [0.5, 0.6) is 0 Å². The highest BCUT2D eigenvalue weighted by molar-refractivity contribution is 7.89. The van der Waals surface area contributed by atoms with Gasteiger partial charge in [0.25, 0.3) is 0 Å². The molecule has 1 aliphatic heterocycles. The average Bonchev–Trinajstić information content (AvgIpc) is 2.90. The Kier molecular flexibility index (Phi) is 3.45. The highest BCUT2D eigenvalue weighted by Crippen LogP contribution is 2.38. The van der Waals surface area contributed by atoms with Crippen molar-refractivity contribution < 1.29 is 17.5 Å². The van der Waals surface area contributed by atoms with Gasteiger partial charge in [-0.25, -0.2) is 17.5 Å². The molecule has 1 aromatic carbocycles. The molecule has 4 unspecified atom stereocenters. The van der Waals surface area contributed by atoms with Crippen LogP contribution in [-0.2, 0) is 14.8 Å². The molecule has 2 fully saturated rings. The Morgan fingerprint density at radius 3 is 2.95 bits per heavy atom. The second-order valence-corrected chi connectivity index (χ2v) is 6.98. The Labute approximate surface area is 121 Å². The van der Waals surface area contributed by atoms with Crippen LogP contribution in [0.2, 0.25) is 0 Å². The highest BCUT2D eigenvalue weighted by atomic mass is 32.2. The number of nitrogens with two attached hydrogens (primary N) is 1. The summed E-state index contributed by atoms with van der Waals surface area (Å²) in [6, 6.07) is 3.93. The van der Waals surface area contributed by atoms with Crippen molar-refractivity contribution in [2.24, 2.45) is 11.7 Å². The predicted octanol–water partition coefficient (Wildman–Crippen LogP) is 0.0903. The molecular weight excluding hydrogens is 297 g/mol. The molecule has 0 bridgehead atoms. The molecule has 0 radical (unpaired) electrons. The molecule has 112 valence electrons. The van der Waals surface area contributed by atoms with E-state index in [1.165, 1.54) is 0 Å². The first-order chi connectivity index (χ1) is 9.94. The first-order valence-corrected chi connectivity index (χ1v) is 8.01. The van der Waals surface area contributed by atoms with Gasteiger partial charge in [-0.05, 0) is 24.6 Å². The summed E-state index contributed by atoms with van der Waals surface area (Å²) in [6.07, 6.45) is 0.629. The van der Waals surface area contributed by atoms with Gasteiger partial charge in [-0.3, -0.25) is 0 Å². The van der Waals surface area contributed by atoms with Gasteiger partial charge >= 0.3 is 0 Å². The van der Waals surface area contributed by atoms with E-state index in [2.05, 4.69) is 4.72 Å². The van der Waals surface area contributed by atoms with Crippen molar-refractivity contribution in [3.8, 4) is 6.07 Å². The summed E-state index contributed by atoms with van der Waals surface area (Å²) in [6.45, 7) is 0.580. The van der Waals surface area contributed by atoms with E-state index >= 15 is 0 Å². The lowest BCUT2D eigenvalue weighted by Crippen LogP contribution is -2.68. The fraction of sp³-hybridized carbons (Fsp3) is 0.462. The average molecular weight is 311 g/mol. The molecule has 2 aliphatic rings. The maximum Gasteiger partial charge on any atom is 0.241 e. The Morgan fingerprint density at radius 1 is 1.48 bits per heavy atom. The third-order valence-electron chi connectivity index (χ3n) is 4.11. The Balaban J connectivity index is 1.83. The van der Waals surface area contributed by atoms with Crippen LogP contribution in [0.4, 0.5) is 4.39 Å². The zero-order valence-corrected chi connectivity index (χ0v) is 11.8. The molecule has 3 rings (SSSR count). The number of fused-ring (bicyclic) bond motifs is 1. The lowest BCUT2D eigenvalue weighted by Gasteiger charge is -2.45. The van der Waals surface area contributed by atoms with E-state index in [-0.39, 0.29) is 28.5 Å². The summed E-state index contributed by atoms with van der Waals surface area (Å²) in [4.78, 5) is -0.158. The molecule has 0 aromatic heterocycles. The molecule has 3 N–H and O–H groups in total. The van der Waals surface area contributed by atoms with E-state index in [9.17, 15) is 12.8 Å². The number of hydrogen-bond donors (Lipinski definition) is 2. The molecular formula is C13H14FN3O3S. The van der Waals surface area contributed by atoms with E-state index in [1.807, 2.05) is 0 Å². The minimum Gasteiger partial charge on any atom is -0.376 e. The Hall–Kier alpha value is -1.53. The molecule has 0 amide bonds. The van der Waals surface area contributed by atoms with Gasteiger partial charge in [0, 0.05) is 18.6 Å². The summed E-state index contributed by atoms with van der Waals surface area (Å²) in [5.41, 5.74) is 5.64. The van der Waals surface area contributed by atoms with Crippen molar-refractivity contribution in [2.75, 3.05) is 6.61 Å². The number of nitrogens with one attached hydrogen (secondary N) is 1. The summed E-state index contributed by atoms with van der Waals surface area (Å²) < 4.78 is 45.8. The van der Waals surface area contributed by atoms with Gasteiger partial charge in [-0.2, -0.15) is 5.26 Å². The van der Waals surface area contributed by atoms with Gasteiger partial charge in [0.1, 0.15) is 11.9 Å². The number of benzene rings is 1. The van der Waals surface area contributed by atoms with E-state index in [0.717, 1.165) is 24.6 Å². The number of hydrogen-bond acceptors (Lipinski definition) is 5. The number of halogens is 1. The first-order valence-electron chi connectivity index (χ1n) is 6.53. The lowest BCUT2D eigenvalue weighted by atomic mass is 9.73. The lowest BCUT2D eigenvalue weighted by molar-refractivity contribution is -0.00924. The minimum absolute atomic E-state index is 0.158. The van der Waals surface area contributed by atoms with Crippen molar-refractivity contribution in [3.63, 3.8) is 0 Å². The number of nitriles is 1. The zero-order chi connectivity index (χ0) is 15.2. The summed E-state index contributed by atoms with van der Waals surface area (Å²) in [7, 11) is -3.87. The van der Waals surface area contributed by atoms with Crippen molar-refractivity contribution in [3.05, 3.63) is 29.6 Å². The van der Waals surface area contributed by atoms with Crippen LogP contribution in [0.25, 0.3) is 0 Å². The molecule has 21 heavy (non-hydrogen) atoms. The largest absolute Gasteiger partial charge is 0.376 e. The van der Waals surface area contributed by atoms with Crippen molar-refractivity contribution in [1.29, 1.82) is 5.26 Å². The summed E-state index contributed by atoms with van der Waals surface area (Å²) in [5.74, 6) is -0.573. The zero-order valence-electron chi connectivity index (χ0n) is 11.0. The van der Waals surface area contributed by atoms with Crippen molar-refractivity contribution >= 4 is 10.0 Å². The second kappa shape index (κ2) is 5.03. The number of rotatable bonds is 3. The Bertz CT molecular complexity index is 716. The fourth-order valence-electron chi connectivity index (χ4n) is 2.90. The van der Waals surface area contributed by atoms with Gasteiger partial charge in [-0.15, -0.1) is 0 Å². The highest BCUT2D eigenvalue weighted by Gasteiger charge is 2.53. The van der Waals surface area contributed by atoms with E-state index in [4.69, 9.17) is 15.7 Å². The van der Waals surface area contributed by atoms with Crippen LogP contribution in [0.15, 0.2) is 23.1 Å². The monoisotopic (exact) mass is 311 g/mol. The molecule has 1 heterocycles. The predicted molar refractivity (Wildman–Crippen MR) is 71.0 cm³/mol. The van der Waals surface area contributed by atoms with Gasteiger partial charge < -0.3 is 10.5 Å². The van der Waals surface area contributed by atoms with Crippen LogP contribution in [0.1, 0.15) is 12.0 Å². The molecule has 1 saturated heterocycles. The second-order valence-electron chi connectivity index (χ2n) is 5.27. The van der Waals surface area contributed by atoms with Crippen LogP contribution in [0, 0.1) is 23.1 Å². The molecule has 6 nitrogen and oxygen atoms in total. The third-order valence-corrected chi connectivity index (χ3v) is 5.56. The molecule has 1 saturated carbocycles. The number of ether oxygens (including phenoxy) is 1. The van der Waals surface area contributed by atoms with Crippen LogP contribution >= 0.6 is 0 Å². The maximum atomic E-state index is 13.3. The Morgan fingerprint density at radius 2 is 2.24 bits per heavy atom. The van der Waals surface area contributed by atoms with E-state index in [1.54, 1.807) is 6.07 Å². The smallest absolute Gasteiger partial charge is 0.241 e. The normalized spacial score (nSPS) is 31.3. The summed E-state index contributed by atoms with van der Waals surface area (Å²) in [5, 5.41) is 8.77. The van der Waals surface area contributed by atoms with Crippen LogP contribution < -0.4 is 10.5 Å². The first kappa shape index (κ1) is 14.4. The van der Waals surface area contributed by atoms with Gasteiger partial charge in [0.2, 0.25) is 10.0 Å². The quantitative estimate of drug-likeness (QED) is 0.823. The van der Waals surface area contributed by atoms with E-state index in [0.29, 0.717) is 6.61 Å². The molecule has 1 aliphatic carbocycles. The number of nitrogens with zero attached hydrogens (tertiary/aromatic N) is 1. The molecule has 4 atom stereocenters. The third kappa shape index (κ3) is 2.32. The minimum atomic E-state index is -3.87. The molecule has 0 spiro atoms. The molecule has 8 heteroatoms. The fourth-order valence-corrected chi connectivity index (χ4v) is 4.21. The van der Waals surface area contributed by atoms with Crippen LogP contribution in [-0.4, -0.2) is 33.2 Å². The maximum absolute atomic E-state index is 13.3. The summed E-state index contributed by atoms with van der Waals surface area (Å²) >= 11 is 0. The van der Waals surface area contributed by atoms with E-state index < -0.39 is 21.9 Å².